The van der Waals surface area contributed by atoms with Crippen molar-refractivity contribution in [3.05, 3.63) is 24.3 Å². The average Bonchev–Trinajstić information content (AvgIpc) is 3.01. The van der Waals surface area contributed by atoms with Gasteiger partial charge in [-0.15, -0.1) is 0 Å². The number of hydrogen-bond donors (Lipinski definition) is 1. The number of esters is 2. The maximum Gasteiger partial charge on any atom is 0.316 e. The molecule has 0 aromatic heterocycles. The third-order valence-corrected chi connectivity index (χ3v) is 8.23. The van der Waals surface area contributed by atoms with Crippen molar-refractivity contribution in [1.29, 1.82) is 5.26 Å². The Bertz CT molecular complexity index is 857. The summed E-state index contributed by atoms with van der Waals surface area (Å²) in [6.45, 7) is 5.63. The number of nitriles is 1. The highest BCUT2D eigenvalue weighted by Gasteiger charge is 2.82. The maximum absolute atomic E-state index is 13.2. The standard InChI is InChI=1S/C21H23NO5/c1-12-10-19-11-20(12,25)7-4-13(19)21-6-3-5-18(2,17(24)27-21)15(21)14(19)16(23)26-9-8-22/h3,5,13-15,25H,1,4,6-7,9-11H2,2H3/t13-,14-,15-,18-,19+,20+,21-/m1/s1. The van der Waals surface area contributed by atoms with E-state index in [4.69, 9.17) is 14.7 Å². The van der Waals surface area contributed by atoms with Gasteiger partial charge in [-0.2, -0.15) is 5.26 Å². The number of fused-ring (bicyclic) bond motifs is 1. The van der Waals surface area contributed by atoms with Gasteiger partial charge in [0.2, 0.25) is 0 Å². The molecule has 7 atom stereocenters. The first-order chi connectivity index (χ1) is 12.7. The number of aliphatic hydroxyl groups is 1. The summed E-state index contributed by atoms with van der Waals surface area (Å²) >= 11 is 0. The number of ether oxygens (including phenoxy) is 2. The average molecular weight is 369 g/mol. The zero-order valence-corrected chi connectivity index (χ0v) is 15.4. The molecule has 6 nitrogen and oxygen atoms in total. The highest BCUT2D eigenvalue weighted by Crippen LogP contribution is 2.77. The molecule has 3 saturated carbocycles. The quantitative estimate of drug-likeness (QED) is 0.591. The minimum absolute atomic E-state index is 0.0233. The molecule has 0 aromatic rings. The van der Waals surface area contributed by atoms with Crippen molar-refractivity contribution in [3.8, 4) is 6.07 Å². The van der Waals surface area contributed by atoms with E-state index < -0.39 is 33.9 Å². The molecular formula is C21H23NO5. The van der Waals surface area contributed by atoms with Crippen LogP contribution in [0.3, 0.4) is 0 Å². The second-order valence-corrected chi connectivity index (χ2v) is 9.27. The molecule has 0 aromatic carbocycles. The van der Waals surface area contributed by atoms with Crippen LogP contribution in [0.2, 0.25) is 0 Å². The number of carbonyl (C=O) groups is 2. The molecular weight excluding hydrogens is 346 g/mol. The van der Waals surface area contributed by atoms with Gasteiger partial charge in [-0.05, 0) is 43.6 Å². The molecule has 4 aliphatic carbocycles. The lowest BCUT2D eigenvalue weighted by Crippen LogP contribution is -2.47. The van der Waals surface area contributed by atoms with Crippen molar-refractivity contribution in [2.45, 2.75) is 50.2 Å². The monoisotopic (exact) mass is 369 g/mol. The van der Waals surface area contributed by atoms with Gasteiger partial charge in [-0.1, -0.05) is 18.7 Å². The van der Waals surface area contributed by atoms with E-state index in [0.29, 0.717) is 32.1 Å². The summed E-state index contributed by atoms with van der Waals surface area (Å²) in [5, 5.41) is 20.0. The number of rotatable bonds is 2. The van der Waals surface area contributed by atoms with Gasteiger partial charge in [0.1, 0.15) is 11.7 Å². The van der Waals surface area contributed by atoms with Crippen molar-refractivity contribution in [3.63, 3.8) is 0 Å². The highest BCUT2D eigenvalue weighted by atomic mass is 16.6. The van der Waals surface area contributed by atoms with E-state index in [-0.39, 0.29) is 24.4 Å². The van der Waals surface area contributed by atoms with E-state index in [1.165, 1.54) is 0 Å². The molecule has 4 fully saturated rings. The smallest absolute Gasteiger partial charge is 0.316 e. The molecule has 27 heavy (non-hydrogen) atoms. The molecule has 1 heterocycles. The maximum atomic E-state index is 13.2. The minimum Gasteiger partial charge on any atom is -0.457 e. The fourth-order valence-electron chi connectivity index (χ4n) is 7.41. The number of nitrogens with zero attached hydrogens (tertiary/aromatic N) is 1. The Labute approximate surface area is 157 Å². The molecule has 5 aliphatic rings. The lowest BCUT2D eigenvalue weighted by atomic mass is 9.62. The van der Waals surface area contributed by atoms with Crippen LogP contribution in [0.15, 0.2) is 24.3 Å². The summed E-state index contributed by atoms with van der Waals surface area (Å²) in [7, 11) is 0. The third-order valence-electron chi connectivity index (χ3n) is 8.23. The van der Waals surface area contributed by atoms with Gasteiger partial charge in [-0.3, -0.25) is 9.59 Å². The van der Waals surface area contributed by atoms with Crippen molar-refractivity contribution in [2.75, 3.05) is 6.61 Å². The van der Waals surface area contributed by atoms with E-state index in [2.05, 4.69) is 6.58 Å². The summed E-state index contributed by atoms with van der Waals surface area (Å²) in [6, 6.07) is 1.86. The highest BCUT2D eigenvalue weighted by molar-refractivity contribution is 5.87. The van der Waals surface area contributed by atoms with Crippen LogP contribution >= 0.6 is 0 Å². The Morgan fingerprint density at radius 3 is 3.07 bits per heavy atom. The van der Waals surface area contributed by atoms with E-state index in [1.54, 1.807) is 0 Å². The Morgan fingerprint density at radius 2 is 2.33 bits per heavy atom. The van der Waals surface area contributed by atoms with Crippen LogP contribution in [0.4, 0.5) is 0 Å². The molecule has 4 bridgehead atoms. The first-order valence-corrected chi connectivity index (χ1v) is 9.59. The molecule has 1 N–H and O–H groups in total. The van der Waals surface area contributed by atoms with Crippen molar-refractivity contribution < 1.29 is 24.2 Å². The SMILES string of the molecule is C=C1C[C@]23C[C@@]1(O)CC[C@H]2[C@@]12CC=C[C@@](C)(C(=O)O1)[C@H]2[C@@H]3C(=O)OCC#N. The molecule has 1 aliphatic heterocycles. The summed E-state index contributed by atoms with van der Waals surface area (Å²) in [4.78, 5) is 26.0. The largest absolute Gasteiger partial charge is 0.457 e. The predicted molar refractivity (Wildman–Crippen MR) is 92.7 cm³/mol. The van der Waals surface area contributed by atoms with Gasteiger partial charge >= 0.3 is 11.9 Å². The Kier molecular flexibility index (Phi) is 3.04. The molecule has 6 heteroatoms. The van der Waals surface area contributed by atoms with Crippen LogP contribution in [-0.2, 0) is 19.1 Å². The van der Waals surface area contributed by atoms with E-state index in [9.17, 15) is 14.7 Å². The molecule has 0 radical (unpaired) electrons. The van der Waals surface area contributed by atoms with Crippen molar-refractivity contribution in [2.24, 2.45) is 28.6 Å². The molecule has 1 saturated heterocycles. The number of carbonyl (C=O) groups excluding carboxylic acids is 2. The van der Waals surface area contributed by atoms with Crippen LogP contribution in [0, 0.1) is 39.9 Å². The van der Waals surface area contributed by atoms with E-state index in [1.807, 2.05) is 25.1 Å². The van der Waals surface area contributed by atoms with Crippen LogP contribution in [-0.4, -0.2) is 34.9 Å². The first-order valence-electron chi connectivity index (χ1n) is 9.59. The summed E-state index contributed by atoms with van der Waals surface area (Å²) in [6.07, 6.45) is 6.70. The fraction of sp³-hybridized carbons (Fsp3) is 0.667. The zero-order valence-electron chi connectivity index (χ0n) is 15.4. The van der Waals surface area contributed by atoms with Gasteiger partial charge in [-0.25, -0.2) is 0 Å². The van der Waals surface area contributed by atoms with Crippen molar-refractivity contribution in [1.82, 2.24) is 0 Å². The van der Waals surface area contributed by atoms with Gasteiger partial charge in [0, 0.05) is 18.3 Å². The third kappa shape index (κ3) is 1.70. The van der Waals surface area contributed by atoms with Crippen LogP contribution in [0.25, 0.3) is 0 Å². The summed E-state index contributed by atoms with van der Waals surface area (Å²) < 4.78 is 11.4. The molecule has 5 rings (SSSR count). The molecule has 0 amide bonds. The van der Waals surface area contributed by atoms with Gasteiger partial charge in [0.25, 0.3) is 0 Å². The van der Waals surface area contributed by atoms with Crippen LogP contribution < -0.4 is 0 Å². The van der Waals surface area contributed by atoms with Crippen LogP contribution in [0.5, 0.6) is 0 Å². The van der Waals surface area contributed by atoms with Gasteiger partial charge in [0.15, 0.2) is 6.61 Å². The Morgan fingerprint density at radius 1 is 1.56 bits per heavy atom. The van der Waals surface area contributed by atoms with Crippen LogP contribution in [0.1, 0.15) is 39.0 Å². The van der Waals surface area contributed by atoms with Gasteiger partial charge < -0.3 is 14.6 Å². The Balaban J connectivity index is 1.70. The van der Waals surface area contributed by atoms with E-state index >= 15 is 0 Å². The second-order valence-electron chi connectivity index (χ2n) is 9.27. The van der Waals surface area contributed by atoms with Gasteiger partial charge in [0.05, 0.1) is 16.9 Å². The lowest BCUT2D eigenvalue weighted by molar-refractivity contribution is -0.163. The van der Waals surface area contributed by atoms with Crippen molar-refractivity contribution >= 4 is 11.9 Å². The lowest BCUT2D eigenvalue weighted by Gasteiger charge is -2.45. The number of hydrogen-bond acceptors (Lipinski definition) is 6. The second kappa shape index (κ2) is 4.82. The molecule has 142 valence electrons. The zero-order chi connectivity index (χ0) is 19.2. The molecule has 1 spiro atoms. The predicted octanol–water partition coefficient (Wildman–Crippen LogP) is 2.04. The molecule has 0 unspecified atom stereocenters. The topological polar surface area (TPSA) is 96.6 Å². The fourth-order valence-corrected chi connectivity index (χ4v) is 7.41. The Hall–Kier alpha value is -2.13. The summed E-state index contributed by atoms with van der Waals surface area (Å²) in [5.74, 6) is -1.70. The normalized spacial score (nSPS) is 51.4. The van der Waals surface area contributed by atoms with E-state index in [0.717, 1.165) is 5.57 Å². The minimum atomic E-state index is -0.966. The summed E-state index contributed by atoms with van der Waals surface area (Å²) in [5.41, 5.74) is -2.36. The first kappa shape index (κ1) is 17.0.